The lowest BCUT2D eigenvalue weighted by atomic mass is 9.76. The highest BCUT2D eigenvalue weighted by atomic mass is 15.1. The predicted octanol–water partition coefficient (Wildman–Crippen LogP) is 13.0. The molecule has 2 rings (SSSR count). The summed E-state index contributed by atoms with van der Waals surface area (Å²) in [5.74, 6) is 1.31. The molecule has 2 nitrogen and oxygen atoms in total. The maximum atomic E-state index is 4.98. The second-order valence-electron chi connectivity index (χ2n) is 13.1. The van der Waals surface area contributed by atoms with E-state index in [-0.39, 0.29) is 5.41 Å². The second kappa shape index (κ2) is 23.3. The van der Waals surface area contributed by atoms with Crippen molar-refractivity contribution in [3.05, 3.63) is 42.5 Å². The molecule has 2 unspecified atom stereocenters. The molecule has 1 aliphatic rings. The van der Waals surface area contributed by atoms with Crippen molar-refractivity contribution in [3.63, 3.8) is 0 Å². The Morgan fingerprint density at radius 1 is 0.650 bits per heavy atom. The average Bonchev–Trinajstić information content (AvgIpc) is 3.48. The molecule has 0 spiro atoms. The minimum Gasteiger partial charge on any atom is -0.331 e. The average molecular weight is 553 g/mol. The number of hydrogen-bond donors (Lipinski definition) is 0. The van der Waals surface area contributed by atoms with Crippen LogP contribution in [0.25, 0.3) is 0 Å². The highest BCUT2D eigenvalue weighted by molar-refractivity contribution is 5.29. The first-order chi connectivity index (χ1) is 19.7. The topological polar surface area (TPSA) is 17.8 Å². The summed E-state index contributed by atoms with van der Waals surface area (Å²) in [7, 11) is 0. The first-order valence-electron chi connectivity index (χ1n) is 18.1. The van der Waals surface area contributed by atoms with Crippen LogP contribution in [0.4, 0.5) is 0 Å². The fraction of sp³-hybridized carbons (Fsp3) is 0.816. The lowest BCUT2D eigenvalue weighted by molar-refractivity contribution is 0.380. The van der Waals surface area contributed by atoms with Crippen molar-refractivity contribution in [1.29, 1.82) is 0 Å². The summed E-state index contributed by atoms with van der Waals surface area (Å²) in [6.45, 7) is 7.01. The molecule has 0 aromatic carbocycles. The van der Waals surface area contributed by atoms with Crippen LogP contribution in [0.2, 0.25) is 0 Å². The van der Waals surface area contributed by atoms with Gasteiger partial charge in [0.25, 0.3) is 0 Å². The molecule has 1 aromatic rings. The minimum absolute atomic E-state index is 0.0860. The van der Waals surface area contributed by atoms with Gasteiger partial charge >= 0.3 is 0 Å². The summed E-state index contributed by atoms with van der Waals surface area (Å²) >= 11 is 0. The normalized spacial score (nSPS) is 17.6. The Kier molecular flexibility index (Phi) is 20.3. The fourth-order valence-corrected chi connectivity index (χ4v) is 6.71. The van der Waals surface area contributed by atoms with Crippen LogP contribution in [0.5, 0.6) is 0 Å². The third-order valence-electron chi connectivity index (χ3n) is 9.44. The molecule has 0 bridgehead atoms. The van der Waals surface area contributed by atoms with Gasteiger partial charge in [-0.3, -0.25) is 0 Å². The van der Waals surface area contributed by atoms with Gasteiger partial charge in [0.15, 0.2) is 0 Å². The number of aromatic nitrogens is 2. The number of allylic oxidation sites excluding steroid dienone is 4. The monoisotopic (exact) mass is 553 g/mol. The van der Waals surface area contributed by atoms with E-state index < -0.39 is 0 Å². The van der Waals surface area contributed by atoms with E-state index in [0.29, 0.717) is 6.04 Å². The molecule has 0 saturated carbocycles. The molecular formula is C38H68N2. The van der Waals surface area contributed by atoms with Crippen LogP contribution in [0.15, 0.2) is 36.7 Å². The number of rotatable bonds is 27. The molecule has 1 aromatic heterocycles. The molecule has 0 saturated heterocycles. The maximum absolute atomic E-state index is 4.98. The van der Waals surface area contributed by atoms with Crippen LogP contribution in [0, 0.1) is 0 Å². The maximum Gasteiger partial charge on any atom is 0.119 e. The van der Waals surface area contributed by atoms with Crippen molar-refractivity contribution in [2.75, 3.05) is 0 Å². The molecular weight excluding hydrogens is 484 g/mol. The van der Waals surface area contributed by atoms with E-state index in [1.54, 1.807) is 0 Å². The Morgan fingerprint density at radius 2 is 1.12 bits per heavy atom. The van der Waals surface area contributed by atoms with Crippen LogP contribution in [-0.4, -0.2) is 9.55 Å². The van der Waals surface area contributed by atoms with Crippen molar-refractivity contribution >= 4 is 0 Å². The summed E-state index contributed by atoms with van der Waals surface area (Å²) in [5, 5.41) is 0. The molecule has 0 radical (unpaired) electrons. The molecule has 0 aliphatic heterocycles. The fourth-order valence-electron chi connectivity index (χ4n) is 6.71. The van der Waals surface area contributed by atoms with E-state index in [1.165, 1.54) is 166 Å². The van der Waals surface area contributed by atoms with Crippen LogP contribution in [0.1, 0.15) is 200 Å². The van der Waals surface area contributed by atoms with E-state index in [9.17, 15) is 0 Å². The summed E-state index contributed by atoms with van der Waals surface area (Å²) in [4.78, 5) is 4.98. The molecule has 0 amide bonds. The lowest BCUT2D eigenvalue weighted by Gasteiger charge is -2.33. The van der Waals surface area contributed by atoms with Gasteiger partial charge < -0.3 is 4.57 Å². The third kappa shape index (κ3) is 14.5. The lowest BCUT2D eigenvalue weighted by Crippen LogP contribution is -2.29. The van der Waals surface area contributed by atoms with Gasteiger partial charge in [0.05, 0.1) is 5.41 Å². The zero-order valence-electron chi connectivity index (χ0n) is 27.3. The Labute approximate surface area is 250 Å². The number of imidazole rings is 1. The summed E-state index contributed by atoms with van der Waals surface area (Å²) in [6, 6.07) is 0.537. The molecule has 40 heavy (non-hydrogen) atoms. The molecule has 1 heterocycles. The van der Waals surface area contributed by atoms with Crippen LogP contribution in [-0.2, 0) is 5.41 Å². The number of hydrogen-bond acceptors (Lipinski definition) is 1. The van der Waals surface area contributed by atoms with Gasteiger partial charge in [0, 0.05) is 18.4 Å². The summed E-state index contributed by atoms with van der Waals surface area (Å²) in [5.41, 5.74) is 0.0860. The Balaban J connectivity index is 1.61. The highest BCUT2D eigenvalue weighted by Crippen LogP contribution is 2.38. The van der Waals surface area contributed by atoms with E-state index >= 15 is 0 Å². The molecule has 230 valence electrons. The van der Waals surface area contributed by atoms with Crippen LogP contribution < -0.4 is 0 Å². The van der Waals surface area contributed by atoms with E-state index in [1.807, 2.05) is 0 Å². The molecule has 2 heteroatoms. The summed E-state index contributed by atoms with van der Waals surface area (Å²) in [6.07, 6.45) is 49.8. The summed E-state index contributed by atoms with van der Waals surface area (Å²) < 4.78 is 2.52. The minimum atomic E-state index is 0.0860. The second-order valence-corrected chi connectivity index (χ2v) is 13.1. The van der Waals surface area contributed by atoms with E-state index in [2.05, 4.69) is 62.0 Å². The predicted molar refractivity (Wildman–Crippen MR) is 178 cm³/mol. The zero-order chi connectivity index (χ0) is 28.6. The SMILES string of the molecule is CCCCCCCCCCCCCCCCCCC1(c2nccn2C(C)CCCCCCCCC)C=CC=CC1. The van der Waals surface area contributed by atoms with Gasteiger partial charge in [-0.15, -0.1) is 0 Å². The van der Waals surface area contributed by atoms with Crippen molar-refractivity contribution in [2.45, 2.75) is 199 Å². The molecule has 2 atom stereocenters. The van der Waals surface area contributed by atoms with Gasteiger partial charge in [-0.05, 0) is 26.2 Å². The molecule has 0 fully saturated rings. The zero-order valence-corrected chi connectivity index (χ0v) is 27.3. The Morgan fingerprint density at radius 3 is 1.60 bits per heavy atom. The molecule has 1 aliphatic carbocycles. The highest BCUT2D eigenvalue weighted by Gasteiger charge is 2.34. The van der Waals surface area contributed by atoms with Crippen LogP contribution >= 0.6 is 0 Å². The van der Waals surface area contributed by atoms with Crippen molar-refractivity contribution < 1.29 is 0 Å². The smallest absolute Gasteiger partial charge is 0.119 e. The quantitative estimate of drug-likeness (QED) is 0.0992. The van der Waals surface area contributed by atoms with Crippen molar-refractivity contribution in [1.82, 2.24) is 9.55 Å². The van der Waals surface area contributed by atoms with Gasteiger partial charge in [0.2, 0.25) is 0 Å². The van der Waals surface area contributed by atoms with Gasteiger partial charge in [-0.2, -0.15) is 0 Å². The van der Waals surface area contributed by atoms with Crippen molar-refractivity contribution in [3.8, 4) is 0 Å². The molecule has 0 N–H and O–H groups in total. The van der Waals surface area contributed by atoms with E-state index in [4.69, 9.17) is 4.98 Å². The van der Waals surface area contributed by atoms with Gasteiger partial charge in [-0.25, -0.2) is 4.98 Å². The largest absolute Gasteiger partial charge is 0.331 e. The Hall–Kier alpha value is -1.31. The van der Waals surface area contributed by atoms with Crippen molar-refractivity contribution in [2.24, 2.45) is 0 Å². The standard InChI is InChI=1S/C38H68N2/c1-4-6-8-10-12-13-14-15-16-17-18-19-20-22-24-27-31-38(32-28-25-29-33-38)37-39-34-35-40(37)36(3)30-26-23-21-11-9-7-5-2/h25,28-29,32,34-36H,4-24,26-27,30-31,33H2,1-3H3. The van der Waals surface area contributed by atoms with Crippen LogP contribution in [0.3, 0.4) is 0 Å². The van der Waals surface area contributed by atoms with E-state index in [0.717, 1.165) is 6.42 Å². The van der Waals surface area contributed by atoms with Gasteiger partial charge in [0.1, 0.15) is 5.82 Å². The first kappa shape index (κ1) is 34.9. The number of nitrogens with zero attached hydrogens (tertiary/aromatic N) is 2. The third-order valence-corrected chi connectivity index (χ3v) is 9.44. The number of unbranched alkanes of at least 4 members (excludes halogenated alkanes) is 21. The van der Waals surface area contributed by atoms with Gasteiger partial charge in [-0.1, -0.05) is 186 Å². The Bertz CT molecular complexity index is 759. The first-order valence-corrected chi connectivity index (χ1v) is 18.1.